The molecule has 0 saturated carbocycles. The molecule has 12 nitrogen and oxygen atoms in total. The van der Waals surface area contributed by atoms with Crippen LogP contribution in [0.2, 0.25) is 0 Å². The highest BCUT2D eigenvalue weighted by Crippen LogP contribution is 2.50. The number of ether oxygens (including phenoxy) is 1. The number of pyridine rings is 1. The van der Waals surface area contributed by atoms with Crippen LogP contribution in [0.15, 0.2) is 64.7 Å². The highest BCUT2D eigenvalue weighted by Gasteiger charge is 2.45. The van der Waals surface area contributed by atoms with Crippen LogP contribution in [0, 0.1) is 5.82 Å². The summed E-state index contributed by atoms with van der Waals surface area (Å²) in [6.07, 6.45) is 8.22. The summed E-state index contributed by atoms with van der Waals surface area (Å²) in [5.74, 6) is 0.804. The maximum absolute atomic E-state index is 15.3. The van der Waals surface area contributed by atoms with Crippen molar-refractivity contribution in [2.75, 3.05) is 5.32 Å². The summed E-state index contributed by atoms with van der Waals surface area (Å²) in [6.45, 7) is 3.99. The van der Waals surface area contributed by atoms with Gasteiger partial charge >= 0.3 is 0 Å². The molecule has 2 atom stereocenters. The number of nitrogens with one attached hydrogen (secondary N) is 2. The zero-order valence-corrected chi connectivity index (χ0v) is 21.7. The Hall–Kier alpha value is -4.59. The summed E-state index contributed by atoms with van der Waals surface area (Å²) < 4.78 is 25.5. The molecule has 0 saturated heterocycles. The second-order valence-electron chi connectivity index (χ2n) is 9.36. The van der Waals surface area contributed by atoms with E-state index in [1.165, 1.54) is 30.3 Å². The Labute approximate surface area is 225 Å². The summed E-state index contributed by atoms with van der Waals surface area (Å²) in [5.41, 5.74) is 8.08. The van der Waals surface area contributed by atoms with Gasteiger partial charge in [-0.3, -0.25) is 4.99 Å². The Balaban J connectivity index is 1.29. The number of aromatic amines is 1. The maximum Gasteiger partial charge on any atom is 0.233 e. The zero-order chi connectivity index (χ0) is 27.0. The molecular weight excluding hydrogens is 523 g/mol. The van der Waals surface area contributed by atoms with Gasteiger partial charge in [0.25, 0.3) is 0 Å². The van der Waals surface area contributed by atoms with E-state index >= 15 is 4.39 Å². The van der Waals surface area contributed by atoms with Crippen LogP contribution in [0.3, 0.4) is 0 Å². The third-order valence-electron chi connectivity index (χ3n) is 6.40. The lowest BCUT2D eigenvalue weighted by Crippen LogP contribution is -2.39. The van der Waals surface area contributed by atoms with E-state index in [9.17, 15) is 0 Å². The van der Waals surface area contributed by atoms with Gasteiger partial charge in [0.05, 0.1) is 40.1 Å². The van der Waals surface area contributed by atoms with Crippen LogP contribution in [0.1, 0.15) is 37.4 Å². The molecule has 1 aliphatic heterocycles. The first-order valence-corrected chi connectivity index (χ1v) is 12.7. The number of oxazole rings is 1. The average molecular weight is 547 g/mol. The topological polar surface area (TPSA) is 166 Å². The smallest absolute Gasteiger partial charge is 0.233 e. The second kappa shape index (κ2) is 9.62. The van der Waals surface area contributed by atoms with Gasteiger partial charge in [0, 0.05) is 17.4 Å². The second-order valence-corrected chi connectivity index (χ2v) is 10.9. The predicted molar refractivity (Wildman–Crippen MR) is 143 cm³/mol. The number of hydrogen-bond donors (Lipinski definition) is 3. The van der Waals surface area contributed by atoms with E-state index < -0.39 is 16.1 Å². The molecule has 1 aliphatic rings. The third-order valence-corrected chi connectivity index (χ3v) is 7.50. The van der Waals surface area contributed by atoms with Gasteiger partial charge < -0.3 is 20.2 Å². The Bertz CT molecular complexity index is 1660. The molecule has 0 spiro atoms. The van der Waals surface area contributed by atoms with Crippen LogP contribution in [0.25, 0.3) is 11.0 Å². The average Bonchev–Trinajstić information content (AvgIpc) is 3.63. The first kappa shape index (κ1) is 24.7. The highest BCUT2D eigenvalue weighted by molar-refractivity contribution is 8.14. The Morgan fingerprint density at radius 1 is 1.18 bits per heavy atom. The highest BCUT2D eigenvalue weighted by atomic mass is 32.2. The van der Waals surface area contributed by atoms with Crippen LogP contribution in [-0.2, 0) is 16.9 Å². The first-order chi connectivity index (χ1) is 18.8. The van der Waals surface area contributed by atoms with Crippen LogP contribution in [-0.4, -0.2) is 40.5 Å². The van der Waals surface area contributed by atoms with Crippen molar-refractivity contribution in [3.63, 3.8) is 0 Å². The van der Waals surface area contributed by atoms with E-state index in [0.717, 1.165) is 0 Å². The quantitative estimate of drug-likeness (QED) is 0.268. The van der Waals surface area contributed by atoms with Gasteiger partial charge in [0.1, 0.15) is 17.6 Å². The number of nitrogens with zero attached hydrogens (tertiary/aromatic N) is 7. The number of halogens is 1. The molecule has 1 unspecified atom stereocenters. The van der Waals surface area contributed by atoms with Crippen molar-refractivity contribution in [1.82, 2.24) is 35.3 Å². The number of hydrogen-bond acceptors (Lipinski definition) is 12. The number of anilines is 2. The third kappa shape index (κ3) is 4.85. The number of rotatable bonds is 7. The van der Waals surface area contributed by atoms with Crippen LogP contribution in [0.5, 0.6) is 5.88 Å². The van der Waals surface area contributed by atoms with Gasteiger partial charge in [-0.2, -0.15) is 15.4 Å². The van der Waals surface area contributed by atoms with Gasteiger partial charge in [-0.25, -0.2) is 24.3 Å². The monoisotopic (exact) mass is 546 g/mol. The van der Waals surface area contributed by atoms with Crippen molar-refractivity contribution in [2.24, 2.45) is 10.7 Å². The number of aromatic nitrogens is 7. The van der Waals surface area contributed by atoms with E-state index in [2.05, 4.69) is 45.7 Å². The molecule has 6 rings (SSSR count). The van der Waals surface area contributed by atoms with Gasteiger partial charge in [0.2, 0.25) is 11.8 Å². The number of thioether (sulfide) groups is 1. The van der Waals surface area contributed by atoms with Gasteiger partial charge in [0.15, 0.2) is 17.6 Å². The van der Waals surface area contributed by atoms with Crippen molar-refractivity contribution in [2.45, 2.75) is 37.2 Å². The fourth-order valence-corrected chi connectivity index (χ4v) is 5.95. The summed E-state index contributed by atoms with van der Waals surface area (Å²) in [5, 5.41) is 14.4. The van der Waals surface area contributed by atoms with Gasteiger partial charge in [-0.15, -0.1) is 0 Å². The van der Waals surface area contributed by atoms with Crippen LogP contribution in [0.4, 0.5) is 15.9 Å². The molecule has 4 N–H and O–H groups in total. The lowest BCUT2D eigenvalue weighted by Gasteiger charge is -2.40. The first-order valence-electron chi connectivity index (χ1n) is 11.9. The number of nitrogens with two attached hydrogens (primary N) is 1. The molecule has 14 heteroatoms. The van der Waals surface area contributed by atoms with E-state index in [-0.39, 0.29) is 6.61 Å². The maximum atomic E-state index is 15.3. The molecule has 5 heterocycles. The predicted octanol–water partition coefficient (Wildman–Crippen LogP) is 4.17. The number of amidine groups is 1. The van der Waals surface area contributed by atoms with Crippen molar-refractivity contribution in [1.29, 1.82) is 0 Å². The van der Waals surface area contributed by atoms with Crippen LogP contribution >= 0.6 is 11.8 Å². The molecule has 4 aromatic heterocycles. The molecule has 0 amide bonds. The Kier molecular flexibility index (Phi) is 6.10. The van der Waals surface area contributed by atoms with E-state index in [1.807, 2.05) is 13.8 Å². The zero-order valence-electron chi connectivity index (χ0n) is 20.9. The minimum Gasteiger partial charge on any atom is -0.467 e. The molecule has 5 aromatic rings. The van der Waals surface area contributed by atoms with E-state index in [4.69, 9.17) is 14.9 Å². The Morgan fingerprint density at radius 2 is 2.08 bits per heavy atom. The summed E-state index contributed by atoms with van der Waals surface area (Å²) >= 11 is 1.38. The molecule has 0 bridgehead atoms. The molecular formula is C25H23FN10O2S. The largest absolute Gasteiger partial charge is 0.467 e. The summed E-state index contributed by atoms with van der Waals surface area (Å²) in [4.78, 5) is 22.1. The van der Waals surface area contributed by atoms with E-state index in [0.29, 0.717) is 57.2 Å². The molecule has 198 valence electrons. The summed E-state index contributed by atoms with van der Waals surface area (Å²) in [7, 11) is 0. The van der Waals surface area contributed by atoms with Crippen molar-refractivity contribution >= 4 is 39.5 Å². The lowest BCUT2D eigenvalue weighted by atomic mass is 9.81. The van der Waals surface area contributed by atoms with Gasteiger partial charge in [-0.1, -0.05) is 11.8 Å². The fourth-order valence-electron chi connectivity index (χ4n) is 4.69. The number of H-pyrrole nitrogens is 1. The van der Waals surface area contributed by atoms with Gasteiger partial charge in [-0.05, 0) is 44.5 Å². The lowest BCUT2D eigenvalue weighted by molar-refractivity contribution is 0.253. The van der Waals surface area contributed by atoms with E-state index in [1.54, 1.807) is 36.8 Å². The summed E-state index contributed by atoms with van der Waals surface area (Å²) in [6, 6.07) is 6.47. The normalized spacial score (nSPS) is 21.1. The van der Waals surface area contributed by atoms with Crippen LogP contribution < -0.4 is 15.8 Å². The number of fused-ring (bicyclic) bond motifs is 1. The van der Waals surface area contributed by atoms with Crippen molar-refractivity contribution < 1.29 is 13.5 Å². The molecule has 0 fully saturated rings. The molecule has 39 heavy (non-hydrogen) atoms. The SMILES string of the molecule is CC1(c2cc(Nc3nccc4nc(OCc5ncco5)cnc34)ccc2F)C[C@](C)(c2cn[nH]n2)SC(N)=N1. The molecule has 0 aliphatic carbocycles. The fraction of sp³-hybridized carbons (Fsp3) is 0.240. The van der Waals surface area contributed by atoms with Crippen molar-refractivity contribution in [3.8, 4) is 5.88 Å². The molecule has 0 radical (unpaired) electrons. The number of aliphatic imine (C=N–C) groups is 1. The number of benzene rings is 1. The minimum atomic E-state index is -0.952. The van der Waals surface area contributed by atoms with Crippen molar-refractivity contribution in [3.05, 3.63) is 78.3 Å². The Morgan fingerprint density at radius 3 is 2.87 bits per heavy atom. The molecule has 1 aromatic carbocycles. The standard InChI is InChI=1S/C25H23FN10O2S/c1-24(13-25(2,39-23(27)34-24)18-10-31-36-35-18)15-9-14(3-4-16(15)26)32-22-21-17(5-6-29-22)33-19(11-30-21)38-12-20-28-7-8-37-20/h3-11H,12-13H2,1-2H3,(H2,27,34)(H,29,32)(H,31,35,36)/t24?,25-/m1/s1. The minimum absolute atomic E-state index is 0.127.